The van der Waals surface area contributed by atoms with Crippen molar-refractivity contribution in [3.8, 4) is 0 Å². The Bertz CT molecular complexity index is 592. The van der Waals surface area contributed by atoms with Gasteiger partial charge in [0.15, 0.2) is 0 Å². The molecule has 2 fully saturated rings. The lowest BCUT2D eigenvalue weighted by Crippen LogP contribution is -2.46. The number of rotatable bonds is 6. The van der Waals surface area contributed by atoms with Crippen LogP contribution in [-0.4, -0.2) is 58.8 Å². The van der Waals surface area contributed by atoms with Crippen molar-refractivity contribution in [3.05, 3.63) is 17.4 Å². The smallest absolute Gasteiger partial charge is 0.251 e. The van der Waals surface area contributed by atoms with Crippen molar-refractivity contribution in [2.75, 3.05) is 26.2 Å². The molecule has 0 saturated carbocycles. The molecule has 8 heteroatoms. The van der Waals surface area contributed by atoms with Crippen LogP contribution in [0.1, 0.15) is 32.1 Å². The maximum Gasteiger partial charge on any atom is 0.251 e. The first-order chi connectivity index (χ1) is 12.1. The van der Waals surface area contributed by atoms with Crippen molar-refractivity contribution in [1.29, 1.82) is 0 Å². The largest absolute Gasteiger partial charge is 0.368 e. The maximum atomic E-state index is 12.3. The third kappa shape index (κ3) is 4.95. The first-order valence-electron chi connectivity index (χ1n) is 8.99. The van der Waals surface area contributed by atoms with Crippen LogP contribution in [0, 0.1) is 5.92 Å². The zero-order valence-electron chi connectivity index (χ0n) is 14.3. The van der Waals surface area contributed by atoms with Gasteiger partial charge in [0.2, 0.25) is 5.91 Å². The van der Waals surface area contributed by atoms with Crippen molar-refractivity contribution in [2.45, 2.75) is 44.8 Å². The Hall–Kier alpha value is -1.60. The van der Waals surface area contributed by atoms with Crippen LogP contribution in [0.3, 0.4) is 0 Å². The topological polar surface area (TPSA) is 76.5 Å². The van der Waals surface area contributed by atoms with Crippen LogP contribution in [0.15, 0.2) is 12.4 Å². The van der Waals surface area contributed by atoms with Crippen molar-refractivity contribution in [3.63, 3.8) is 0 Å². The van der Waals surface area contributed by atoms with Gasteiger partial charge in [-0.15, -0.1) is 0 Å². The van der Waals surface area contributed by atoms with Crippen LogP contribution in [0.4, 0.5) is 0 Å². The molecule has 1 atom stereocenters. The number of halogens is 1. The van der Waals surface area contributed by atoms with E-state index >= 15 is 0 Å². The number of aromatic nitrogens is 2. The number of hydrogen-bond donors (Lipinski definition) is 1. The maximum absolute atomic E-state index is 12.3. The molecule has 1 aromatic heterocycles. The summed E-state index contributed by atoms with van der Waals surface area (Å²) >= 11 is 5.81. The SMILES string of the molecule is O=C(NCCCn1cc(Cl)cn1)C1CCN(C(=O)C2CCCO2)CC1. The third-order valence-corrected chi connectivity index (χ3v) is 5.04. The van der Waals surface area contributed by atoms with Crippen LogP contribution in [-0.2, 0) is 20.9 Å². The monoisotopic (exact) mass is 368 g/mol. The molecule has 2 aliphatic heterocycles. The van der Waals surface area contributed by atoms with Crippen LogP contribution < -0.4 is 5.32 Å². The molecule has 2 amide bonds. The first kappa shape index (κ1) is 18.2. The van der Waals surface area contributed by atoms with E-state index in [2.05, 4.69) is 10.4 Å². The highest BCUT2D eigenvalue weighted by Gasteiger charge is 2.32. The molecule has 7 nitrogen and oxygen atoms in total. The molecule has 0 bridgehead atoms. The van der Waals surface area contributed by atoms with E-state index in [0.29, 0.717) is 31.3 Å². The first-order valence-corrected chi connectivity index (χ1v) is 9.37. The third-order valence-electron chi connectivity index (χ3n) is 4.85. The molecule has 138 valence electrons. The van der Waals surface area contributed by atoms with Crippen molar-refractivity contribution < 1.29 is 14.3 Å². The minimum atomic E-state index is -0.263. The average Bonchev–Trinajstić information content (AvgIpc) is 3.30. The zero-order chi connectivity index (χ0) is 17.6. The number of carbonyl (C=O) groups is 2. The summed E-state index contributed by atoms with van der Waals surface area (Å²) in [4.78, 5) is 26.4. The Morgan fingerprint density at radius 1 is 1.32 bits per heavy atom. The van der Waals surface area contributed by atoms with Gasteiger partial charge in [-0.25, -0.2) is 0 Å². The predicted molar refractivity (Wildman–Crippen MR) is 93.1 cm³/mol. The van der Waals surface area contributed by atoms with Gasteiger partial charge in [-0.2, -0.15) is 5.10 Å². The number of nitrogens with one attached hydrogen (secondary N) is 1. The predicted octanol–water partition coefficient (Wildman–Crippen LogP) is 1.46. The van der Waals surface area contributed by atoms with Crippen LogP contribution in [0.5, 0.6) is 0 Å². The lowest BCUT2D eigenvalue weighted by Gasteiger charge is -2.32. The normalized spacial score (nSPS) is 21.5. The summed E-state index contributed by atoms with van der Waals surface area (Å²) < 4.78 is 7.23. The summed E-state index contributed by atoms with van der Waals surface area (Å²) in [5.41, 5.74) is 0. The molecule has 0 spiro atoms. The van der Waals surface area contributed by atoms with E-state index in [-0.39, 0.29) is 23.8 Å². The van der Waals surface area contributed by atoms with Gasteiger partial charge in [-0.1, -0.05) is 11.6 Å². The van der Waals surface area contributed by atoms with Gasteiger partial charge in [-0.05, 0) is 32.1 Å². The van der Waals surface area contributed by atoms with Crippen molar-refractivity contribution in [1.82, 2.24) is 20.0 Å². The second-order valence-corrected chi connectivity index (χ2v) is 7.10. The van der Waals surface area contributed by atoms with Crippen LogP contribution in [0.25, 0.3) is 0 Å². The molecule has 0 radical (unpaired) electrons. The molecule has 2 aliphatic rings. The minimum Gasteiger partial charge on any atom is -0.368 e. The molecule has 2 saturated heterocycles. The summed E-state index contributed by atoms with van der Waals surface area (Å²) in [6.07, 6.45) is 7.13. The van der Waals surface area contributed by atoms with Gasteiger partial charge in [0.1, 0.15) is 6.10 Å². The number of ether oxygens (including phenoxy) is 1. The Balaban J connectivity index is 1.33. The molecular weight excluding hydrogens is 344 g/mol. The molecule has 0 aliphatic carbocycles. The average molecular weight is 369 g/mol. The summed E-state index contributed by atoms with van der Waals surface area (Å²) in [6.45, 7) is 3.30. The lowest BCUT2D eigenvalue weighted by molar-refractivity contribution is -0.143. The van der Waals surface area contributed by atoms with Crippen molar-refractivity contribution in [2.24, 2.45) is 5.92 Å². The number of hydrogen-bond acceptors (Lipinski definition) is 4. The van der Waals surface area contributed by atoms with E-state index in [9.17, 15) is 9.59 Å². The molecule has 0 aromatic carbocycles. The highest BCUT2D eigenvalue weighted by Crippen LogP contribution is 2.21. The summed E-state index contributed by atoms with van der Waals surface area (Å²) in [5.74, 6) is 0.171. The Morgan fingerprint density at radius 3 is 2.76 bits per heavy atom. The molecule has 3 rings (SSSR count). The Morgan fingerprint density at radius 2 is 2.12 bits per heavy atom. The van der Waals surface area contributed by atoms with Gasteiger partial charge < -0.3 is 15.0 Å². The van der Waals surface area contributed by atoms with E-state index in [1.165, 1.54) is 0 Å². The second-order valence-electron chi connectivity index (χ2n) is 6.67. The fourth-order valence-corrected chi connectivity index (χ4v) is 3.55. The summed E-state index contributed by atoms with van der Waals surface area (Å²) in [7, 11) is 0. The molecule has 3 heterocycles. The van der Waals surface area contributed by atoms with Gasteiger partial charge in [0.25, 0.3) is 5.91 Å². The fourth-order valence-electron chi connectivity index (χ4n) is 3.40. The molecule has 1 aromatic rings. The highest BCUT2D eigenvalue weighted by molar-refractivity contribution is 6.30. The molecule has 1 unspecified atom stereocenters. The van der Waals surface area contributed by atoms with Gasteiger partial charge in [0.05, 0.1) is 11.2 Å². The molecule has 1 N–H and O–H groups in total. The quantitative estimate of drug-likeness (QED) is 0.771. The fraction of sp³-hybridized carbons (Fsp3) is 0.706. The van der Waals surface area contributed by atoms with Gasteiger partial charge in [-0.3, -0.25) is 14.3 Å². The van der Waals surface area contributed by atoms with E-state index in [1.807, 2.05) is 4.90 Å². The number of piperidine rings is 1. The standard InChI is InChI=1S/C17H25ClN4O3/c18-14-11-20-22(12-14)7-2-6-19-16(23)13-4-8-21(9-5-13)17(24)15-3-1-10-25-15/h11-13,15H,1-10H2,(H,19,23). The van der Waals surface area contributed by atoms with Gasteiger partial charge in [0, 0.05) is 44.9 Å². The van der Waals surface area contributed by atoms with E-state index < -0.39 is 0 Å². The van der Waals surface area contributed by atoms with Crippen LogP contribution in [0.2, 0.25) is 5.02 Å². The highest BCUT2D eigenvalue weighted by atomic mass is 35.5. The van der Waals surface area contributed by atoms with Crippen LogP contribution >= 0.6 is 11.6 Å². The van der Waals surface area contributed by atoms with E-state index in [0.717, 1.165) is 38.6 Å². The number of nitrogens with zero attached hydrogens (tertiary/aromatic N) is 3. The minimum absolute atomic E-state index is 0.00676. The Labute approximate surface area is 152 Å². The number of carbonyl (C=O) groups excluding carboxylic acids is 2. The van der Waals surface area contributed by atoms with Crippen molar-refractivity contribution >= 4 is 23.4 Å². The Kier molecular flexibility index (Phi) is 6.31. The van der Waals surface area contributed by atoms with Gasteiger partial charge >= 0.3 is 0 Å². The summed E-state index contributed by atoms with van der Waals surface area (Å²) in [5, 5.41) is 7.71. The van der Waals surface area contributed by atoms with E-state index in [1.54, 1.807) is 17.1 Å². The second kappa shape index (κ2) is 8.67. The number of aryl methyl sites for hydroxylation is 1. The van der Waals surface area contributed by atoms with E-state index in [4.69, 9.17) is 16.3 Å². The molecular formula is C17H25ClN4O3. The summed E-state index contributed by atoms with van der Waals surface area (Å²) in [6, 6.07) is 0. The number of likely N-dealkylation sites (tertiary alicyclic amines) is 1. The molecule has 25 heavy (non-hydrogen) atoms. The lowest BCUT2D eigenvalue weighted by atomic mass is 9.95. The zero-order valence-corrected chi connectivity index (χ0v) is 15.1. The number of amides is 2.